The molecule has 0 amide bonds. The molecule has 0 spiro atoms. The van der Waals surface area contributed by atoms with Crippen LogP contribution >= 0.6 is 15.9 Å². The highest BCUT2D eigenvalue weighted by Crippen LogP contribution is 2.21. The van der Waals surface area contributed by atoms with E-state index in [1.807, 2.05) is 39.0 Å². The van der Waals surface area contributed by atoms with Gasteiger partial charge in [0.1, 0.15) is 5.60 Å². The van der Waals surface area contributed by atoms with Crippen molar-refractivity contribution in [2.24, 2.45) is 0 Å². The summed E-state index contributed by atoms with van der Waals surface area (Å²) in [5, 5.41) is 0. The molecule has 0 aromatic heterocycles. The number of carbonyl (C=O) groups excluding carboxylic acids is 1. The molecule has 0 fully saturated rings. The lowest BCUT2D eigenvalue weighted by Gasteiger charge is -2.19. The van der Waals surface area contributed by atoms with Crippen molar-refractivity contribution in [3.63, 3.8) is 0 Å². The van der Waals surface area contributed by atoms with Gasteiger partial charge >= 0.3 is 5.97 Å². The topological polar surface area (TPSA) is 26.3 Å². The first-order valence-corrected chi connectivity index (χ1v) is 6.55. The van der Waals surface area contributed by atoms with Gasteiger partial charge in [0.05, 0.1) is 0 Å². The van der Waals surface area contributed by atoms with E-state index in [4.69, 9.17) is 4.74 Å². The fourth-order valence-electron chi connectivity index (χ4n) is 1.55. The zero-order chi connectivity index (χ0) is 13.1. The Balaban J connectivity index is 2.56. The largest absolute Gasteiger partial charge is 0.460 e. The van der Waals surface area contributed by atoms with Gasteiger partial charge in [-0.3, -0.25) is 4.79 Å². The summed E-state index contributed by atoms with van der Waals surface area (Å²) >= 11 is 3.49. The molecule has 3 heteroatoms. The SMILES string of the molecule is Cc1c(Br)cccc1CCC(=O)OC(C)(C)C. The van der Waals surface area contributed by atoms with Gasteiger partial charge < -0.3 is 4.74 Å². The number of hydrogen-bond donors (Lipinski definition) is 0. The number of esters is 1. The van der Waals surface area contributed by atoms with E-state index >= 15 is 0 Å². The fourth-order valence-corrected chi connectivity index (χ4v) is 1.96. The van der Waals surface area contributed by atoms with Crippen LogP contribution in [0.25, 0.3) is 0 Å². The van der Waals surface area contributed by atoms with Gasteiger partial charge in [-0.15, -0.1) is 0 Å². The molecule has 1 rings (SSSR count). The van der Waals surface area contributed by atoms with Crippen LogP contribution in [-0.4, -0.2) is 11.6 Å². The summed E-state index contributed by atoms with van der Waals surface area (Å²) in [6, 6.07) is 6.04. The lowest BCUT2D eigenvalue weighted by Crippen LogP contribution is -2.24. The van der Waals surface area contributed by atoms with Crippen LogP contribution in [0, 0.1) is 6.92 Å². The maximum Gasteiger partial charge on any atom is 0.306 e. The van der Waals surface area contributed by atoms with E-state index in [9.17, 15) is 4.79 Å². The predicted octanol–water partition coefficient (Wildman–Crippen LogP) is 4.03. The van der Waals surface area contributed by atoms with Crippen molar-refractivity contribution in [3.05, 3.63) is 33.8 Å². The first-order valence-electron chi connectivity index (χ1n) is 5.75. The normalized spacial score (nSPS) is 11.4. The second kappa shape index (κ2) is 5.67. The van der Waals surface area contributed by atoms with E-state index in [0.29, 0.717) is 6.42 Å². The third kappa shape index (κ3) is 4.90. The van der Waals surface area contributed by atoms with Crippen LogP contribution in [0.1, 0.15) is 38.3 Å². The van der Waals surface area contributed by atoms with E-state index in [1.54, 1.807) is 0 Å². The molecule has 0 saturated heterocycles. The van der Waals surface area contributed by atoms with Gasteiger partial charge in [0.2, 0.25) is 0 Å². The number of ether oxygens (including phenoxy) is 1. The molecule has 0 unspecified atom stereocenters. The highest BCUT2D eigenvalue weighted by atomic mass is 79.9. The zero-order valence-electron chi connectivity index (χ0n) is 10.8. The van der Waals surface area contributed by atoms with Crippen molar-refractivity contribution in [2.45, 2.75) is 46.1 Å². The van der Waals surface area contributed by atoms with Crippen molar-refractivity contribution >= 4 is 21.9 Å². The zero-order valence-corrected chi connectivity index (χ0v) is 12.4. The molecule has 1 aromatic carbocycles. The summed E-state index contributed by atoms with van der Waals surface area (Å²) < 4.78 is 6.36. The average Bonchev–Trinajstić information content (AvgIpc) is 2.18. The number of hydrogen-bond acceptors (Lipinski definition) is 2. The van der Waals surface area contributed by atoms with Crippen LogP contribution in [0.5, 0.6) is 0 Å². The van der Waals surface area contributed by atoms with Crippen molar-refractivity contribution in [2.75, 3.05) is 0 Å². The van der Waals surface area contributed by atoms with Gasteiger partial charge in [-0.05, 0) is 51.3 Å². The highest BCUT2D eigenvalue weighted by molar-refractivity contribution is 9.10. The maximum absolute atomic E-state index is 11.6. The lowest BCUT2D eigenvalue weighted by atomic mass is 10.0. The fraction of sp³-hybridized carbons (Fsp3) is 0.500. The van der Waals surface area contributed by atoms with Crippen LogP contribution < -0.4 is 0 Å². The van der Waals surface area contributed by atoms with E-state index in [-0.39, 0.29) is 5.97 Å². The first-order chi connectivity index (χ1) is 7.79. The van der Waals surface area contributed by atoms with E-state index in [2.05, 4.69) is 22.9 Å². The number of halogens is 1. The monoisotopic (exact) mass is 298 g/mol. The summed E-state index contributed by atoms with van der Waals surface area (Å²) in [6.07, 6.45) is 1.15. The summed E-state index contributed by atoms with van der Waals surface area (Å²) in [7, 11) is 0. The van der Waals surface area contributed by atoms with Crippen LogP contribution in [0.15, 0.2) is 22.7 Å². The Kier molecular flexibility index (Phi) is 4.75. The van der Waals surface area contributed by atoms with Gasteiger partial charge in [0.15, 0.2) is 0 Å². The summed E-state index contributed by atoms with van der Waals surface area (Å²) in [6.45, 7) is 7.70. The second-order valence-electron chi connectivity index (χ2n) is 5.11. The Bertz CT molecular complexity index is 405. The Labute approximate surface area is 111 Å². The van der Waals surface area contributed by atoms with Crippen LogP contribution in [0.3, 0.4) is 0 Å². The molecular formula is C14H19BrO2. The Morgan fingerprint density at radius 2 is 2.00 bits per heavy atom. The number of aryl methyl sites for hydroxylation is 1. The maximum atomic E-state index is 11.6. The molecule has 1 aromatic rings. The minimum atomic E-state index is -0.399. The van der Waals surface area contributed by atoms with Crippen LogP contribution in [-0.2, 0) is 16.0 Å². The molecule has 0 N–H and O–H groups in total. The third-order valence-electron chi connectivity index (χ3n) is 2.40. The summed E-state index contributed by atoms with van der Waals surface area (Å²) in [5.41, 5.74) is 1.98. The Morgan fingerprint density at radius 1 is 1.35 bits per heavy atom. The van der Waals surface area contributed by atoms with Crippen LogP contribution in [0.4, 0.5) is 0 Å². The quantitative estimate of drug-likeness (QED) is 0.788. The van der Waals surface area contributed by atoms with Crippen molar-refractivity contribution in [1.82, 2.24) is 0 Å². The molecule has 0 saturated carbocycles. The van der Waals surface area contributed by atoms with E-state index in [0.717, 1.165) is 10.9 Å². The highest BCUT2D eigenvalue weighted by Gasteiger charge is 2.16. The summed E-state index contributed by atoms with van der Waals surface area (Å²) in [5.74, 6) is -0.142. The molecule has 0 bridgehead atoms. The van der Waals surface area contributed by atoms with Gasteiger partial charge in [-0.2, -0.15) is 0 Å². The minimum absolute atomic E-state index is 0.142. The predicted molar refractivity (Wildman–Crippen MR) is 73.0 cm³/mol. The average molecular weight is 299 g/mol. The molecule has 0 aliphatic carbocycles. The van der Waals surface area contributed by atoms with Gasteiger partial charge in [-0.1, -0.05) is 28.1 Å². The molecule has 2 nitrogen and oxygen atoms in total. The van der Waals surface area contributed by atoms with Crippen molar-refractivity contribution in [3.8, 4) is 0 Å². The van der Waals surface area contributed by atoms with Crippen molar-refractivity contribution in [1.29, 1.82) is 0 Å². The Morgan fingerprint density at radius 3 is 2.59 bits per heavy atom. The van der Waals surface area contributed by atoms with Gasteiger partial charge in [0, 0.05) is 10.9 Å². The minimum Gasteiger partial charge on any atom is -0.460 e. The molecule has 17 heavy (non-hydrogen) atoms. The summed E-state index contributed by atoms with van der Waals surface area (Å²) in [4.78, 5) is 11.6. The van der Waals surface area contributed by atoms with Crippen molar-refractivity contribution < 1.29 is 9.53 Å². The standard InChI is InChI=1S/C14H19BrO2/c1-10-11(6-5-7-12(10)15)8-9-13(16)17-14(2,3)4/h5-7H,8-9H2,1-4H3. The van der Waals surface area contributed by atoms with Crippen LogP contribution in [0.2, 0.25) is 0 Å². The lowest BCUT2D eigenvalue weighted by molar-refractivity contribution is -0.154. The van der Waals surface area contributed by atoms with E-state index in [1.165, 1.54) is 11.1 Å². The Hall–Kier alpha value is -0.830. The molecule has 0 radical (unpaired) electrons. The van der Waals surface area contributed by atoms with Gasteiger partial charge in [-0.25, -0.2) is 0 Å². The second-order valence-corrected chi connectivity index (χ2v) is 5.96. The molecular weight excluding hydrogens is 280 g/mol. The first kappa shape index (κ1) is 14.2. The third-order valence-corrected chi connectivity index (χ3v) is 3.26. The number of carbonyl (C=O) groups is 1. The molecule has 0 aliphatic rings. The molecule has 0 heterocycles. The number of benzene rings is 1. The van der Waals surface area contributed by atoms with Gasteiger partial charge in [0.25, 0.3) is 0 Å². The smallest absolute Gasteiger partial charge is 0.306 e. The number of rotatable bonds is 3. The molecule has 94 valence electrons. The molecule has 0 atom stereocenters. The molecule has 0 aliphatic heterocycles. The van der Waals surface area contributed by atoms with E-state index < -0.39 is 5.60 Å².